The van der Waals surface area contributed by atoms with Gasteiger partial charge in [-0.25, -0.2) is 4.98 Å². The van der Waals surface area contributed by atoms with Crippen molar-refractivity contribution >= 4 is 28.1 Å². The van der Waals surface area contributed by atoms with Gasteiger partial charge < -0.3 is 10.1 Å². The molecular weight excluding hydrogens is 370 g/mol. The SMILES string of the molecule is CCOC(=O)Cc1csc2nc(-c3ccc(C)cc3)c(NC3CCCCC3)n12. The van der Waals surface area contributed by atoms with E-state index < -0.39 is 0 Å². The number of ether oxygens (including phenoxy) is 1. The molecule has 1 N–H and O–H groups in total. The van der Waals surface area contributed by atoms with Crippen LogP contribution in [0.2, 0.25) is 0 Å². The number of rotatable bonds is 6. The lowest BCUT2D eigenvalue weighted by Gasteiger charge is -2.24. The number of imidazole rings is 1. The summed E-state index contributed by atoms with van der Waals surface area (Å²) in [6.45, 7) is 4.33. The summed E-state index contributed by atoms with van der Waals surface area (Å²) in [5.74, 6) is 0.808. The monoisotopic (exact) mass is 397 g/mol. The fourth-order valence-electron chi connectivity index (χ4n) is 3.89. The second-order valence-corrected chi connectivity index (χ2v) is 8.32. The van der Waals surface area contributed by atoms with Gasteiger partial charge in [0.2, 0.25) is 0 Å². The summed E-state index contributed by atoms with van der Waals surface area (Å²) < 4.78 is 7.29. The van der Waals surface area contributed by atoms with Crippen LogP contribution < -0.4 is 5.32 Å². The van der Waals surface area contributed by atoms with Crippen molar-refractivity contribution in [1.82, 2.24) is 9.38 Å². The molecule has 0 radical (unpaired) electrons. The van der Waals surface area contributed by atoms with Gasteiger partial charge in [0, 0.05) is 22.7 Å². The number of carbonyl (C=O) groups excluding carboxylic acids is 1. The smallest absolute Gasteiger partial charge is 0.311 e. The summed E-state index contributed by atoms with van der Waals surface area (Å²) in [5, 5.41) is 5.79. The van der Waals surface area contributed by atoms with Crippen molar-refractivity contribution in [2.45, 2.75) is 58.4 Å². The van der Waals surface area contributed by atoms with Crippen LogP contribution in [0.4, 0.5) is 5.82 Å². The summed E-state index contributed by atoms with van der Waals surface area (Å²) in [4.78, 5) is 17.9. The van der Waals surface area contributed by atoms with Gasteiger partial charge >= 0.3 is 5.97 Å². The second kappa shape index (κ2) is 8.35. The van der Waals surface area contributed by atoms with Crippen molar-refractivity contribution in [2.75, 3.05) is 11.9 Å². The highest BCUT2D eigenvalue weighted by molar-refractivity contribution is 7.15. The number of carbonyl (C=O) groups is 1. The van der Waals surface area contributed by atoms with Gasteiger partial charge in [0.25, 0.3) is 0 Å². The molecule has 2 heterocycles. The molecule has 0 aliphatic heterocycles. The van der Waals surface area contributed by atoms with E-state index in [1.54, 1.807) is 11.3 Å². The number of fused-ring (bicyclic) bond motifs is 1. The van der Waals surface area contributed by atoms with Crippen molar-refractivity contribution in [3.63, 3.8) is 0 Å². The van der Waals surface area contributed by atoms with E-state index in [0.29, 0.717) is 12.6 Å². The van der Waals surface area contributed by atoms with Crippen LogP contribution in [0.1, 0.15) is 50.3 Å². The Morgan fingerprint density at radius 1 is 1.25 bits per heavy atom. The Balaban J connectivity index is 1.76. The zero-order chi connectivity index (χ0) is 19.5. The van der Waals surface area contributed by atoms with E-state index in [9.17, 15) is 4.79 Å². The third-order valence-electron chi connectivity index (χ3n) is 5.34. The lowest BCUT2D eigenvalue weighted by molar-refractivity contribution is -0.142. The molecule has 5 nitrogen and oxygen atoms in total. The number of nitrogens with one attached hydrogen (secondary N) is 1. The van der Waals surface area contributed by atoms with Gasteiger partial charge in [0.15, 0.2) is 4.96 Å². The molecule has 0 atom stereocenters. The molecule has 3 aromatic rings. The molecule has 1 fully saturated rings. The van der Waals surface area contributed by atoms with Gasteiger partial charge in [-0.2, -0.15) is 0 Å². The normalized spacial score (nSPS) is 15.1. The maximum atomic E-state index is 12.1. The molecule has 0 saturated heterocycles. The Hall–Kier alpha value is -2.34. The Bertz CT molecular complexity index is 952. The number of hydrogen-bond donors (Lipinski definition) is 1. The van der Waals surface area contributed by atoms with E-state index in [-0.39, 0.29) is 12.4 Å². The van der Waals surface area contributed by atoms with Gasteiger partial charge in [-0.1, -0.05) is 49.1 Å². The molecule has 1 aromatic carbocycles. The Labute approximate surface area is 169 Å². The van der Waals surface area contributed by atoms with Crippen molar-refractivity contribution in [2.24, 2.45) is 0 Å². The molecule has 148 valence electrons. The number of hydrogen-bond acceptors (Lipinski definition) is 5. The van der Waals surface area contributed by atoms with Crippen molar-refractivity contribution in [3.05, 3.63) is 40.9 Å². The fraction of sp³-hybridized carbons (Fsp3) is 0.455. The summed E-state index contributed by atoms with van der Waals surface area (Å²) in [6.07, 6.45) is 6.46. The van der Waals surface area contributed by atoms with E-state index in [2.05, 4.69) is 40.9 Å². The first-order valence-corrected chi connectivity index (χ1v) is 11.0. The molecule has 0 bridgehead atoms. The molecule has 0 amide bonds. The first kappa shape index (κ1) is 19.0. The van der Waals surface area contributed by atoms with Crippen LogP contribution in [-0.4, -0.2) is 28.0 Å². The first-order valence-electron chi connectivity index (χ1n) is 10.1. The van der Waals surface area contributed by atoms with Gasteiger partial charge in [0.05, 0.1) is 13.0 Å². The maximum absolute atomic E-state index is 12.1. The molecule has 28 heavy (non-hydrogen) atoms. The molecular formula is C22H27N3O2S. The van der Waals surface area contributed by atoms with Crippen LogP contribution in [0, 0.1) is 6.92 Å². The van der Waals surface area contributed by atoms with E-state index in [0.717, 1.165) is 27.7 Å². The molecule has 6 heteroatoms. The zero-order valence-electron chi connectivity index (χ0n) is 16.5. The number of thiazole rings is 1. The lowest BCUT2D eigenvalue weighted by Crippen LogP contribution is -2.23. The van der Waals surface area contributed by atoms with Crippen LogP contribution in [-0.2, 0) is 16.0 Å². The lowest BCUT2D eigenvalue weighted by atomic mass is 9.95. The van der Waals surface area contributed by atoms with E-state index >= 15 is 0 Å². The number of esters is 1. The number of benzene rings is 1. The van der Waals surface area contributed by atoms with Crippen molar-refractivity contribution in [1.29, 1.82) is 0 Å². The minimum absolute atomic E-state index is 0.198. The minimum atomic E-state index is -0.198. The predicted octanol–water partition coefficient (Wildman–Crippen LogP) is 5.22. The molecule has 1 saturated carbocycles. The average Bonchev–Trinajstić information content (AvgIpc) is 3.24. The third kappa shape index (κ3) is 3.92. The molecule has 1 aliphatic carbocycles. The highest BCUT2D eigenvalue weighted by atomic mass is 32.1. The van der Waals surface area contributed by atoms with Crippen molar-refractivity contribution in [3.8, 4) is 11.3 Å². The predicted molar refractivity (Wildman–Crippen MR) is 114 cm³/mol. The topological polar surface area (TPSA) is 55.6 Å². The molecule has 2 aromatic heterocycles. The molecule has 0 unspecified atom stereocenters. The van der Waals surface area contributed by atoms with E-state index in [1.807, 2.05) is 12.3 Å². The average molecular weight is 398 g/mol. The third-order valence-corrected chi connectivity index (χ3v) is 6.21. The van der Waals surface area contributed by atoms with Gasteiger partial charge in [0.1, 0.15) is 11.5 Å². The van der Waals surface area contributed by atoms with E-state index in [4.69, 9.17) is 9.72 Å². The van der Waals surface area contributed by atoms with Gasteiger partial charge in [-0.05, 0) is 26.7 Å². The Morgan fingerprint density at radius 2 is 2.00 bits per heavy atom. The highest BCUT2D eigenvalue weighted by Gasteiger charge is 2.23. The van der Waals surface area contributed by atoms with Crippen LogP contribution in [0.25, 0.3) is 16.2 Å². The quantitative estimate of drug-likeness (QED) is 0.579. The summed E-state index contributed by atoms with van der Waals surface area (Å²) in [5.41, 5.74) is 4.22. The fourth-order valence-corrected chi connectivity index (χ4v) is 4.77. The highest BCUT2D eigenvalue weighted by Crippen LogP contribution is 2.34. The molecule has 0 spiro atoms. The Morgan fingerprint density at radius 3 is 2.71 bits per heavy atom. The van der Waals surface area contributed by atoms with Crippen LogP contribution in [0.3, 0.4) is 0 Å². The number of aryl methyl sites for hydroxylation is 1. The number of aromatic nitrogens is 2. The largest absolute Gasteiger partial charge is 0.466 e. The summed E-state index contributed by atoms with van der Waals surface area (Å²) in [6, 6.07) is 8.94. The van der Waals surface area contributed by atoms with Gasteiger partial charge in [-0.15, -0.1) is 11.3 Å². The van der Waals surface area contributed by atoms with Crippen LogP contribution in [0.15, 0.2) is 29.6 Å². The van der Waals surface area contributed by atoms with Crippen molar-refractivity contribution < 1.29 is 9.53 Å². The zero-order valence-corrected chi connectivity index (χ0v) is 17.3. The standard InChI is InChI=1S/C22H27N3O2S/c1-3-27-19(26)13-18-14-28-22-24-20(16-11-9-15(2)10-12-16)21(25(18)22)23-17-7-5-4-6-8-17/h9-12,14,17,23H,3-8,13H2,1-2H3. The number of nitrogens with zero attached hydrogens (tertiary/aromatic N) is 2. The first-order chi connectivity index (χ1) is 13.7. The molecule has 1 aliphatic rings. The van der Waals surface area contributed by atoms with Crippen LogP contribution in [0.5, 0.6) is 0 Å². The minimum Gasteiger partial charge on any atom is -0.466 e. The summed E-state index contributed by atoms with van der Waals surface area (Å²) in [7, 11) is 0. The molecule has 4 rings (SSSR count). The van der Waals surface area contributed by atoms with E-state index in [1.165, 1.54) is 37.7 Å². The maximum Gasteiger partial charge on any atom is 0.311 e. The Kier molecular flexibility index (Phi) is 5.67. The van der Waals surface area contributed by atoms with Gasteiger partial charge in [-0.3, -0.25) is 9.20 Å². The summed E-state index contributed by atoms with van der Waals surface area (Å²) >= 11 is 1.57. The van der Waals surface area contributed by atoms with Crippen LogP contribution >= 0.6 is 11.3 Å². The number of anilines is 1. The second-order valence-electron chi connectivity index (χ2n) is 7.48.